The fourth-order valence-electron chi connectivity index (χ4n) is 2.65. The highest BCUT2D eigenvalue weighted by molar-refractivity contribution is 9.10. The van der Waals surface area contributed by atoms with Gasteiger partial charge in [0.05, 0.1) is 11.1 Å². The zero-order valence-corrected chi connectivity index (χ0v) is 15.9. The van der Waals surface area contributed by atoms with Crippen LogP contribution in [0.5, 0.6) is 0 Å². The Labute approximate surface area is 158 Å². The molecule has 0 aliphatic rings. The lowest BCUT2D eigenvalue weighted by molar-refractivity contribution is 0.0949. The molecule has 1 N–H and O–H groups in total. The van der Waals surface area contributed by atoms with Gasteiger partial charge in [-0.15, -0.1) is 0 Å². The molecule has 1 amide bonds. The van der Waals surface area contributed by atoms with Crippen LogP contribution in [0, 0.1) is 0 Å². The molecule has 7 heteroatoms. The lowest BCUT2D eigenvalue weighted by Crippen LogP contribution is -2.27. The van der Waals surface area contributed by atoms with Gasteiger partial charge in [0.25, 0.3) is 11.5 Å². The van der Waals surface area contributed by atoms with Crippen LogP contribution in [0.3, 0.4) is 0 Å². The van der Waals surface area contributed by atoms with Crippen molar-refractivity contribution in [1.82, 2.24) is 15.2 Å². The number of rotatable bonds is 4. The second-order valence-corrected chi connectivity index (χ2v) is 6.60. The molecule has 0 atom stereocenters. The van der Waals surface area contributed by atoms with Crippen LogP contribution in [0.1, 0.15) is 29.4 Å². The van der Waals surface area contributed by atoms with Gasteiger partial charge in [-0.05, 0) is 30.2 Å². The zero-order valence-electron chi connectivity index (χ0n) is 14.4. The van der Waals surface area contributed by atoms with E-state index in [1.54, 1.807) is 24.3 Å². The van der Waals surface area contributed by atoms with Gasteiger partial charge in [0, 0.05) is 16.9 Å². The van der Waals surface area contributed by atoms with Gasteiger partial charge in [0.1, 0.15) is 0 Å². The van der Waals surface area contributed by atoms with E-state index in [4.69, 9.17) is 0 Å². The van der Waals surface area contributed by atoms with Crippen LogP contribution < -0.4 is 11.0 Å². The van der Waals surface area contributed by atoms with Crippen molar-refractivity contribution < 1.29 is 4.79 Å². The first-order valence-electron chi connectivity index (χ1n) is 8.10. The number of halogens is 1. The number of carbonyl (C=O) groups is 1. The number of fused-ring (bicyclic) bond motifs is 1. The molecule has 1 heterocycles. The van der Waals surface area contributed by atoms with Gasteiger partial charge >= 0.3 is 0 Å². The number of hydrogen-bond acceptors (Lipinski definition) is 4. The Morgan fingerprint density at radius 2 is 1.92 bits per heavy atom. The van der Waals surface area contributed by atoms with Crippen LogP contribution in [0.15, 0.2) is 62.9 Å². The standard InChI is InChI=1S/C19H17BrN4O2/c1-3-16(12-7-6-8-13(20)11-12)21-22-18(25)17-14-9-4-5-10-15(14)19(26)24(2)23-17/h4-11H,3H2,1-2H3,(H,22,25)/b21-16-. The Morgan fingerprint density at radius 3 is 2.62 bits per heavy atom. The molecule has 0 saturated carbocycles. The molecule has 0 spiro atoms. The molecule has 0 fully saturated rings. The van der Waals surface area contributed by atoms with Crippen molar-refractivity contribution >= 4 is 38.3 Å². The second kappa shape index (κ2) is 7.61. The Morgan fingerprint density at radius 1 is 1.19 bits per heavy atom. The molecule has 0 unspecified atom stereocenters. The number of amides is 1. The van der Waals surface area contributed by atoms with E-state index in [9.17, 15) is 9.59 Å². The van der Waals surface area contributed by atoms with Gasteiger partial charge in [-0.3, -0.25) is 9.59 Å². The van der Waals surface area contributed by atoms with E-state index in [2.05, 4.69) is 31.6 Å². The third kappa shape index (κ3) is 3.57. The van der Waals surface area contributed by atoms with E-state index in [-0.39, 0.29) is 11.3 Å². The van der Waals surface area contributed by atoms with Crippen LogP contribution >= 0.6 is 15.9 Å². The average Bonchev–Trinajstić information content (AvgIpc) is 2.65. The Bertz CT molecular complexity index is 1070. The van der Waals surface area contributed by atoms with Crippen molar-refractivity contribution in [2.75, 3.05) is 0 Å². The van der Waals surface area contributed by atoms with E-state index in [0.29, 0.717) is 17.2 Å². The van der Waals surface area contributed by atoms with Crippen LogP contribution in [-0.4, -0.2) is 21.4 Å². The number of aromatic nitrogens is 2. The molecule has 1 aromatic heterocycles. The van der Waals surface area contributed by atoms with Gasteiger partial charge in [0.15, 0.2) is 5.69 Å². The van der Waals surface area contributed by atoms with E-state index in [1.165, 1.54) is 7.05 Å². The molecule has 0 aliphatic heterocycles. The first kappa shape index (κ1) is 18.0. The molecule has 6 nitrogen and oxygen atoms in total. The van der Waals surface area contributed by atoms with Crippen molar-refractivity contribution in [3.05, 3.63) is 74.6 Å². The number of nitrogens with zero attached hydrogens (tertiary/aromatic N) is 3. The summed E-state index contributed by atoms with van der Waals surface area (Å²) in [5.74, 6) is -0.460. The highest BCUT2D eigenvalue weighted by Gasteiger charge is 2.15. The van der Waals surface area contributed by atoms with Crippen LogP contribution in [0.4, 0.5) is 0 Å². The van der Waals surface area contributed by atoms with Crippen molar-refractivity contribution in [2.45, 2.75) is 13.3 Å². The molecule has 0 radical (unpaired) electrons. The lowest BCUT2D eigenvalue weighted by Gasteiger charge is -2.08. The van der Waals surface area contributed by atoms with Crippen molar-refractivity contribution in [3.8, 4) is 0 Å². The summed E-state index contributed by atoms with van der Waals surface area (Å²) in [6.07, 6.45) is 0.651. The highest BCUT2D eigenvalue weighted by atomic mass is 79.9. The molecule has 26 heavy (non-hydrogen) atoms. The Kier molecular flexibility index (Phi) is 5.27. The molecule has 0 saturated heterocycles. The quantitative estimate of drug-likeness (QED) is 0.527. The summed E-state index contributed by atoms with van der Waals surface area (Å²) < 4.78 is 2.10. The van der Waals surface area contributed by atoms with Crippen molar-refractivity contribution in [3.63, 3.8) is 0 Å². The monoisotopic (exact) mass is 412 g/mol. The number of aryl methyl sites for hydroxylation is 1. The fourth-order valence-corrected chi connectivity index (χ4v) is 3.05. The SMILES string of the molecule is CC/C(=N/NC(=O)c1nn(C)c(=O)c2ccccc12)c1cccc(Br)c1. The number of carbonyl (C=O) groups excluding carboxylic acids is 1. The maximum Gasteiger partial charge on any atom is 0.292 e. The summed E-state index contributed by atoms with van der Waals surface area (Å²) in [6.45, 7) is 1.96. The first-order valence-corrected chi connectivity index (χ1v) is 8.89. The van der Waals surface area contributed by atoms with Crippen LogP contribution in [0.2, 0.25) is 0 Å². The van der Waals surface area contributed by atoms with Gasteiger partial charge < -0.3 is 0 Å². The molecular weight excluding hydrogens is 396 g/mol. The highest BCUT2D eigenvalue weighted by Crippen LogP contribution is 2.15. The summed E-state index contributed by atoms with van der Waals surface area (Å²) in [5.41, 5.74) is 4.14. The summed E-state index contributed by atoms with van der Waals surface area (Å²) in [4.78, 5) is 24.8. The smallest absolute Gasteiger partial charge is 0.267 e. The van der Waals surface area contributed by atoms with E-state index in [1.807, 2.05) is 31.2 Å². The minimum atomic E-state index is -0.460. The predicted molar refractivity (Wildman–Crippen MR) is 105 cm³/mol. The van der Waals surface area contributed by atoms with Crippen LogP contribution in [-0.2, 0) is 7.05 Å². The normalized spacial score (nSPS) is 11.6. The topological polar surface area (TPSA) is 76.3 Å². The molecule has 3 rings (SSSR count). The van der Waals surface area contributed by atoms with E-state index < -0.39 is 5.91 Å². The molecular formula is C19H17BrN4O2. The zero-order chi connectivity index (χ0) is 18.7. The van der Waals surface area contributed by atoms with Gasteiger partial charge in [0.2, 0.25) is 0 Å². The second-order valence-electron chi connectivity index (χ2n) is 5.69. The molecule has 0 bridgehead atoms. The molecule has 132 valence electrons. The van der Waals surface area contributed by atoms with Gasteiger partial charge in [-0.1, -0.05) is 53.2 Å². The summed E-state index contributed by atoms with van der Waals surface area (Å²) in [5, 5.41) is 9.31. The Balaban J connectivity index is 1.97. The third-order valence-corrected chi connectivity index (χ3v) is 4.45. The van der Waals surface area contributed by atoms with Gasteiger partial charge in [-0.25, -0.2) is 10.1 Å². The van der Waals surface area contributed by atoms with Crippen molar-refractivity contribution in [1.29, 1.82) is 0 Å². The lowest BCUT2D eigenvalue weighted by atomic mass is 10.1. The number of nitrogens with one attached hydrogen (secondary N) is 1. The first-order chi connectivity index (χ1) is 12.5. The fraction of sp³-hybridized carbons (Fsp3) is 0.158. The van der Waals surface area contributed by atoms with Crippen molar-refractivity contribution in [2.24, 2.45) is 12.1 Å². The number of hydrogen-bond donors (Lipinski definition) is 1. The summed E-state index contributed by atoms with van der Waals surface area (Å²) >= 11 is 3.43. The predicted octanol–water partition coefficient (Wildman–Crippen LogP) is 3.24. The van der Waals surface area contributed by atoms with E-state index >= 15 is 0 Å². The van der Waals surface area contributed by atoms with Gasteiger partial charge in [-0.2, -0.15) is 10.2 Å². The minimum Gasteiger partial charge on any atom is -0.267 e. The maximum atomic E-state index is 12.6. The Hall–Kier alpha value is -2.80. The summed E-state index contributed by atoms with van der Waals surface area (Å²) in [7, 11) is 1.52. The third-order valence-electron chi connectivity index (χ3n) is 3.96. The average molecular weight is 413 g/mol. The number of benzene rings is 2. The van der Waals surface area contributed by atoms with E-state index in [0.717, 1.165) is 20.4 Å². The number of hydrazone groups is 1. The maximum absolute atomic E-state index is 12.6. The minimum absolute atomic E-state index is 0.163. The molecule has 3 aromatic rings. The summed E-state index contributed by atoms with van der Waals surface area (Å²) in [6, 6.07) is 14.6. The molecule has 0 aliphatic carbocycles. The van der Waals surface area contributed by atoms with Crippen LogP contribution in [0.25, 0.3) is 10.8 Å². The largest absolute Gasteiger partial charge is 0.292 e. The molecule has 2 aromatic carbocycles.